The molecule has 0 aliphatic heterocycles. The third-order valence-corrected chi connectivity index (χ3v) is 3.89. The van der Waals surface area contributed by atoms with Crippen LogP contribution in [0.15, 0.2) is 0 Å². The average Bonchev–Trinajstić information content (AvgIpc) is 2.19. The monoisotopic (exact) mass is 242 g/mol. The minimum atomic E-state index is 1.12. The molecule has 0 aromatic heterocycles. The van der Waals surface area contributed by atoms with Gasteiger partial charge in [0, 0.05) is 0 Å². The molecular formula is C6H12IP. The number of rotatable bonds is 2. The molecule has 1 aliphatic carbocycles. The van der Waals surface area contributed by atoms with Crippen LogP contribution in [0.25, 0.3) is 0 Å². The summed E-state index contributed by atoms with van der Waals surface area (Å²) in [5, 5.41) is 0. The Labute approximate surface area is 66.1 Å². The lowest BCUT2D eigenvalue weighted by atomic mass is 10.1. The van der Waals surface area contributed by atoms with E-state index in [-0.39, 0.29) is 0 Å². The molecule has 0 nitrogen and oxygen atoms in total. The second kappa shape index (κ2) is 4.05. The van der Waals surface area contributed by atoms with Crippen molar-refractivity contribution in [2.45, 2.75) is 25.7 Å². The van der Waals surface area contributed by atoms with E-state index in [4.69, 9.17) is 0 Å². The molecule has 0 heterocycles. The predicted octanol–water partition coefficient (Wildman–Crippen LogP) is 3.21. The van der Waals surface area contributed by atoms with Crippen LogP contribution in [0.4, 0.5) is 0 Å². The summed E-state index contributed by atoms with van der Waals surface area (Å²) < 4.78 is 0. The lowest BCUT2D eigenvalue weighted by Gasteiger charge is -2.02. The van der Waals surface area contributed by atoms with Crippen molar-refractivity contribution < 1.29 is 0 Å². The summed E-state index contributed by atoms with van der Waals surface area (Å²) in [6.07, 6.45) is 8.72. The van der Waals surface area contributed by atoms with Crippen LogP contribution in [-0.4, -0.2) is 6.16 Å². The summed E-state index contributed by atoms with van der Waals surface area (Å²) in [6, 6.07) is 0. The van der Waals surface area contributed by atoms with E-state index in [1.165, 1.54) is 31.8 Å². The summed E-state index contributed by atoms with van der Waals surface area (Å²) in [5.74, 6) is 1.12. The Bertz CT molecular complexity index is 59.5. The molecule has 1 saturated carbocycles. The van der Waals surface area contributed by atoms with Crippen LogP contribution in [0.5, 0.6) is 0 Å². The van der Waals surface area contributed by atoms with Crippen LogP contribution < -0.4 is 0 Å². The molecule has 0 aromatic carbocycles. The molecule has 1 rings (SSSR count). The fourth-order valence-corrected chi connectivity index (χ4v) is 3.82. The van der Waals surface area contributed by atoms with Crippen molar-refractivity contribution in [3.8, 4) is 0 Å². The topological polar surface area (TPSA) is 0 Å². The molecule has 1 aliphatic rings. The first-order valence-corrected chi connectivity index (χ1v) is 7.59. The molecule has 1 atom stereocenters. The lowest BCUT2D eigenvalue weighted by Crippen LogP contribution is -1.92. The molecule has 1 unspecified atom stereocenters. The smallest absolute Gasteiger partial charge is 0.0234 e. The average molecular weight is 242 g/mol. The van der Waals surface area contributed by atoms with Crippen LogP contribution in [0.3, 0.4) is 0 Å². The number of hydrogen-bond acceptors (Lipinski definition) is 0. The van der Waals surface area contributed by atoms with E-state index in [0.29, 0.717) is 0 Å². The highest BCUT2D eigenvalue weighted by Gasteiger charge is 2.12. The van der Waals surface area contributed by atoms with Gasteiger partial charge in [-0.3, -0.25) is 0 Å². The van der Waals surface area contributed by atoms with Crippen molar-refractivity contribution in [2.24, 2.45) is 5.92 Å². The second-order valence-electron chi connectivity index (χ2n) is 2.49. The Morgan fingerprint density at radius 3 is 2.50 bits per heavy atom. The van der Waals surface area contributed by atoms with Crippen LogP contribution >= 0.6 is 28.3 Å². The van der Waals surface area contributed by atoms with Crippen LogP contribution in [-0.2, 0) is 0 Å². The quantitative estimate of drug-likeness (QED) is 0.515. The highest BCUT2D eigenvalue weighted by molar-refractivity contribution is 14.2. The Morgan fingerprint density at radius 1 is 1.38 bits per heavy atom. The van der Waals surface area contributed by atoms with Crippen LogP contribution in [0.1, 0.15) is 25.7 Å². The zero-order chi connectivity index (χ0) is 5.82. The van der Waals surface area contributed by atoms with Crippen LogP contribution in [0.2, 0.25) is 0 Å². The SMILES string of the molecule is IPCC1CCCC1. The molecule has 0 aromatic rings. The van der Waals surface area contributed by atoms with E-state index in [9.17, 15) is 0 Å². The van der Waals surface area contributed by atoms with Crippen molar-refractivity contribution in [3.05, 3.63) is 0 Å². The minimum absolute atomic E-state index is 1.12. The van der Waals surface area contributed by atoms with E-state index < -0.39 is 0 Å². The molecule has 8 heavy (non-hydrogen) atoms. The summed E-state index contributed by atoms with van der Waals surface area (Å²) in [6.45, 7) is 0. The lowest BCUT2D eigenvalue weighted by molar-refractivity contribution is 0.623. The van der Waals surface area contributed by atoms with Gasteiger partial charge in [0.05, 0.1) is 0 Å². The number of hydrogen-bond donors (Lipinski definition) is 0. The van der Waals surface area contributed by atoms with Gasteiger partial charge in [0.25, 0.3) is 0 Å². The van der Waals surface area contributed by atoms with Crippen molar-refractivity contribution in [3.63, 3.8) is 0 Å². The van der Waals surface area contributed by atoms with Gasteiger partial charge >= 0.3 is 0 Å². The first-order valence-electron chi connectivity index (χ1n) is 3.27. The predicted molar refractivity (Wildman–Crippen MR) is 49.2 cm³/mol. The summed E-state index contributed by atoms with van der Waals surface area (Å²) in [4.78, 5) is 0. The maximum atomic E-state index is 2.50. The summed E-state index contributed by atoms with van der Waals surface area (Å²) >= 11 is 2.50. The molecule has 2 heteroatoms. The van der Waals surface area contributed by atoms with Gasteiger partial charge in [-0.25, -0.2) is 0 Å². The first-order chi connectivity index (χ1) is 3.93. The Kier molecular flexibility index (Phi) is 3.68. The summed E-state index contributed by atoms with van der Waals surface area (Å²) in [5.41, 5.74) is 0. The maximum absolute atomic E-state index is 2.50. The van der Waals surface area contributed by atoms with E-state index >= 15 is 0 Å². The van der Waals surface area contributed by atoms with Gasteiger partial charge in [0.2, 0.25) is 0 Å². The molecule has 0 spiro atoms. The minimum Gasteiger partial charge on any atom is -0.0572 e. The standard InChI is InChI=1S/C6H12IP/c7-8-5-6-3-1-2-4-6/h6,8H,1-5H2. The van der Waals surface area contributed by atoms with Crippen molar-refractivity contribution in [1.82, 2.24) is 0 Å². The molecule has 48 valence electrons. The van der Waals surface area contributed by atoms with Crippen molar-refractivity contribution in [2.75, 3.05) is 6.16 Å². The Balaban J connectivity index is 2.06. The largest absolute Gasteiger partial charge is 0.0572 e. The Hall–Kier alpha value is 1.16. The fraction of sp³-hybridized carbons (Fsp3) is 1.00. The fourth-order valence-electron chi connectivity index (χ4n) is 1.32. The summed E-state index contributed by atoms with van der Waals surface area (Å²) in [7, 11) is 0. The highest BCUT2D eigenvalue weighted by Crippen LogP contribution is 2.33. The molecule has 0 radical (unpaired) electrons. The van der Waals surface area contributed by atoms with E-state index in [1.54, 1.807) is 0 Å². The van der Waals surface area contributed by atoms with Gasteiger partial charge in [-0.15, -0.1) is 0 Å². The highest BCUT2D eigenvalue weighted by atomic mass is 127. The van der Waals surface area contributed by atoms with Crippen molar-refractivity contribution in [1.29, 1.82) is 0 Å². The zero-order valence-electron chi connectivity index (χ0n) is 4.99. The number of halogens is 1. The van der Waals surface area contributed by atoms with Gasteiger partial charge in [-0.1, -0.05) is 53.9 Å². The van der Waals surface area contributed by atoms with E-state index in [0.717, 1.165) is 12.1 Å². The molecule has 0 N–H and O–H groups in total. The van der Waals surface area contributed by atoms with Gasteiger partial charge in [0.1, 0.15) is 0 Å². The normalized spacial score (nSPS) is 23.6. The van der Waals surface area contributed by atoms with E-state index in [2.05, 4.69) is 22.0 Å². The van der Waals surface area contributed by atoms with Crippen LogP contribution in [0, 0.1) is 5.92 Å². The first kappa shape index (κ1) is 7.27. The molecule has 0 amide bonds. The third kappa shape index (κ3) is 2.18. The second-order valence-corrected chi connectivity index (χ2v) is 5.45. The maximum Gasteiger partial charge on any atom is -0.0234 e. The molecule has 0 saturated heterocycles. The molecular weight excluding hydrogens is 230 g/mol. The van der Waals surface area contributed by atoms with Gasteiger partial charge in [0.15, 0.2) is 0 Å². The molecule has 1 fully saturated rings. The zero-order valence-corrected chi connectivity index (χ0v) is 8.15. The third-order valence-electron chi connectivity index (χ3n) is 1.84. The van der Waals surface area contributed by atoms with Gasteiger partial charge < -0.3 is 0 Å². The molecule has 0 bridgehead atoms. The van der Waals surface area contributed by atoms with Gasteiger partial charge in [-0.2, -0.15) is 0 Å². The van der Waals surface area contributed by atoms with Gasteiger partial charge in [-0.05, 0) is 12.1 Å². The Morgan fingerprint density at radius 2 is 2.00 bits per heavy atom. The van der Waals surface area contributed by atoms with E-state index in [1.807, 2.05) is 0 Å². The van der Waals surface area contributed by atoms with Crippen molar-refractivity contribution >= 4 is 28.3 Å².